The summed E-state index contributed by atoms with van der Waals surface area (Å²) in [4.78, 5) is 13.2. The van der Waals surface area contributed by atoms with E-state index in [9.17, 15) is 4.79 Å². The fourth-order valence-corrected chi connectivity index (χ4v) is 4.70. The Bertz CT molecular complexity index is 1330. The van der Waals surface area contributed by atoms with Crippen molar-refractivity contribution in [3.05, 3.63) is 82.9 Å². The van der Waals surface area contributed by atoms with Crippen LogP contribution in [0.4, 0.5) is 0 Å². The van der Waals surface area contributed by atoms with Gasteiger partial charge in [0.25, 0.3) is 11.8 Å². The molecule has 0 aliphatic heterocycles. The van der Waals surface area contributed by atoms with Crippen molar-refractivity contribution in [2.45, 2.75) is 51.0 Å². The number of hydrogen-bond donors (Lipinski definition) is 1. The van der Waals surface area contributed by atoms with Crippen LogP contribution in [0.2, 0.25) is 0 Å². The Morgan fingerprint density at radius 3 is 2.76 bits per heavy atom. The Balaban J connectivity index is 1.30. The lowest BCUT2D eigenvalue weighted by Crippen LogP contribution is -2.31. The number of aromatic nitrogens is 4. The molecular weight excluding hydrogens is 414 g/mol. The maximum absolute atomic E-state index is 13.2. The van der Waals surface area contributed by atoms with Crippen molar-refractivity contribution in [3.8, 4) is 17.3 Å². The van der Waals surface area contributed by atoms with Gasteiger partial charge in [-0.15, -0.1) is 10.2 Å². The minimum Gasteiger partial charge on any atom is -0.420 e. The van der Waals surface area contributed by atoms with Crippen LogP contribution in [0.1, 0.15) is 70.7 Å². The first-order valence-corrected chi connectivity index (χ1v) is 11.6. The summed E-state index contributed by atoms with van der Waals surface area (Å²) in [5, 5.41) is 16.1. The minimum absolute atomic E-state index is 0.0465. The number of hydrogen-bond acceptors (Lipinski definition) is 5. The number of benzene rings is 2. The lowest BCUT2D eigenvalue weighted by molar-refractivity contribution is 0.0932. The second-order valence-corrected chi connectivity index (χ2v) is 8.93. The Morgan fingerprint density at radius 1 is 1.06 bits per heavy atom. The minimum atomic E-state index is -0.0635. The normalized spacial score (nSPS) is 17.5. The highest BCUT2D eigenvalue weighted by atomic mass is 16.4. The molecule has 2 aromatic carbocycles. The van der Waals surface area contributed by atoms with Crippen LogP contribution in [-0.2, 0) is 6.42 Å². The Hall–Kier alpha value is -3.74. The predicted octanol–water partition coefficient (Wildman–Crippen LogP) is 4.92. The highest BCUT2D eigenvalue weighted by molar-refractivity contribution is 5.95. The molecule has 166 valence electrons. The number of amides is 1. The molecule has 2 aromatic heterocycles. The van der Waals surface area contributed by atoms with E-state index in [1.165, 1.54) is 11.1 Å². The van der Waals surface area contributed by atoms with Gasteiger partial charge in [-0.3, -0.25) is 4.79 Å². The first-order valence-electron chi connectivity index (χ1n) is 11.6. The quantitative estimate of drug-likeness (QED) is 0.477. The Kier molecular flexibility index (Phi) is 4.82. The summed E-state index contributed by atoms with van der Waals surface area (Å²) in [5.74, 6) is 1.33. The zero-order chi connectivity index (χ0) is 22.4. The molecule has 1 amide bonds. The van der Waals surface area contributed by atoms with Gasteiger partial charge >= 0.3 is 0 Å². The van der Waals surface area contributed by atoms with Crippen LogP contribution in [-0.4, -0.2) is 25.9 Å². The second kappa shape index (κ2) is 7.99. The van der Waals surface area contributed by atoms with E-state index >= 15 is 0 Å². The van der Waals surface area contributed by atoms with Gasteiger partial charge in [-0.1, -0.05) is 30.3 Å². The van der Waals surface area contributed by atoms with Gasteiger partial charge in [0.15, 0.2) is 0 Å². The monoisotopic (exact) mass is 439 g/mol. The highest BCUT2D eigenvalue weighted by Gasteiger charge is 2.30. The summed E-state index contributed by atoms with van der Waals surface area (Å²) in [6, 6.07) is 18.1. The molecule has 0 radical (unpaired) electrons. The van der Waals surface area contributed by atoms with Gasteiger partial charge in [0.1, 0.15) is 5.69 Å². The lowest BCUT2D eigenvalue weighted by atomic mass is 9.87. The number of nitrogens with one attached hydrogen (secondary N) is 1. The fourth-order valence-electron chi connectivity index (χ4n) is 4.70. The summed E-state index contributed by atoms with van der Waals surface area (Å²) in [7, 11) is 0. The Labute approximate surface area is 191 Å². The van der Waals surface area contributed by atoms with Crippen molar-refractivity contribution in [1.82, 2.24) is 25.3 Å². The second-order valence-electron chi connectivity index (χ2n) is 8.93. The van der Waals surface area contributed by atoms with Crippen LogP contribution in [0, 0.1) is 6.92 Å². The van der Waals surface area contributed by atoms with Crippen LogP contribution in [0.3, 0.4) is 0 Å². The highest BCUT2D eigenvalue weighted by Crippen LogP contribution is 2.42. The van der Waals surface area contributed by atoms with E-state index in [-0.39, 0.29) is 11.9 Å². The third-order valence-electron chi connectivity index (χ3n) is 6.51. The molecule has 2 aliphatic carbocycles. The molecule has 7 nitrogen and oxygen atoms in total. The molecule has 2 aliphatic rings. The van der Waals surface area contributed by atoms with Gasteiger partial charge in [0.05, 0.1) is 11.7 Å². The van der Waals surface area contributed by atoms with Gasteiger partial charge in [-0.25, -0.2) is 4.68 Å². The number of aryl methyl sites for hydroxylation is 2. The predicted molar refractivity (Wildman–Crippen MR) is 123 cm³/mol. The molecule has 1 atom stereocenters. The van der Waals surface area contributed by atoms with Crippen molar-refractivity contribution in [2.24, 2.45) is 0 Å². The van der Waals surface area contributed by atoms with Crippen LogP contribution >= 0.6 is 0 Å². The van der Waals surface area contributed by atoms with Crippen molar-refractivity contribution in [2.75, 3.05) is 0 Å². The van der Waals surface area contributed by atoms with E-state index in [0.717, 1.165) is 43.5 Å². The molecule has 7 heteroatoms. The maximum atomic E-state index is 13.2. The van der Waals surface area contributed by atoms with Crippen molar-refractivity contribution < 1.29 is 9.21 Å². The molecule has 0 bridgehead atoms. The van der Waals surface area contributed by atoms with Gasteiger partial charge in [0, 0.05) is 24.1 Å². The zero-order valence-electron chi connectivity index (χ0n) is 18.5. The summed E-state index contributed by atoms with van der Waals surface area (Å²) >= 11 is 0. The van der Waals surface area contributed by atoms with Gasteiger partial charge in [0.2, 0.25) is 5.89 Å². The largest absolute Gasteiger partial charge is 0.420 e. The molecule has 0 saturated heterocycles. The number of nitrogens with zero attached hydrogens (tertiary/aromatic N) is 4. The number of rotatable bonds is 5. The Morgan fingerprint density at radius 2 is 1.94 bits per heavy atom. The van der Waals surface area contributed by atoms with E-state index in [1.54, 1.807) is 6.92 Å². The SMILES string of the molecule is Cc1nnc(-c2cc(C3CC3)n(-c3cccc(C(=O)N[C@H]4CCCc5ccccc54)c3)n2)o1. The van der Waals surface area contributed by atoms with Crippen molar-refractivity contribution in [1.29, 1.82) is 0 Å². The van der Waals surface area contributed by atoms with E-state index in [4.69, 9.17) is 9.52 Å². The summed E-state index contributed by atoms with van der Waals surface area (Å²) in [6.07, 6.45) is 5.38. The molecular formula is C26H25N5O2. The molecule has 0 unspecified atom stereocenters. The van der Waals surface area contributed by atoms with Crippen LogP contribution in [0.5, 0.6) is 0 Å². The zero-order valence-corrected chi connectivity index (χ0v) is 18.5. The third-order valence-corrected chi connectivity index (χ3v) is 6.51. The molecule has 0 spiro atoms. The summed E-state index contributed by atoms with van der Waals surface area (Å²) < 4.78 is 7.50. The van der Waals surface area contributed by atoms with Gasteiger partial charge in [-0.2, -0.15) is 5.10 Å². The molecule has 33 heavy (non-hydrogen) atoms. The van der Waals surface area contributed by atoms with E-state index in [2.05, 4.69) is 33.7 Å². The third kappa shape index (κ3) is 3.84. The molecule has 6 rings (SSSR count). The lowest BCUT2D eigenvalue weighted by Gasteiger charge is -2.26. The number of fused-ring (bicyclic) bond motifs is 1. The van der Waals surface area contributed by atoms with Crippen molar-refractivity contribution >= 4 is 5.91 Å². The first-order chi connectivity index (χ1) is 16.2. The van der Waals surface area contributed by atoms with E-state index < -0.39 is 0 Å². The van der Waals surface area contributed by atoms with Gasteiger partial charge < -0.3 is 9.73 Å². The average Bonchev–Trinajstić information content (AvgIpc) is 3.44. The fraction of sp³-hybridized carbons (Fsp3) is 0.308. The van der Waals surface area contributed by atoms with E-state index in [1.807, 2.05) is 41.1 Å². The van der Waals surface area contributed by atoms with Crippen LogP contribution < -0.4 is 5.32 Å². The average molecular weight is 440 g/mol. The molecule has 1 fully saturated rings. The van der Waals surface area contributed by atoms with E-state index in [0.29, 0.717) is 29.0 Å². The molecule has 1 N–H and O–H groups in total. The maximum Gasteiger partial charge on any atom is 0.268 e. The molecule has 2 heterocycles. The van der Waals surface area contributed by atoms with Crippen molar-refractivity contribution in [3.63, 3.8) is 0 Å². The molecule has 4 aromatic rings. The smallest absolute Gasteiger partial charge is 0.268 e. The van der Waals surface area contributed by atoms with Crippen LogP contribution in [0.15, 0.2) is 59.0 Å². The summed E-state index contributed by atoms with van der Waals surface area (Å²) in [6.45, 7) is 1.77. The molecule has 1 saturated carbocycles. The summed E-state index contributed by atoms with van der Waals surface area (Å²) in [5.41, 5.74) is 5.82. The topological polar surface area (TPSA) is 85.8 Å². The number of carbonyl (C=O) groups excluding carboxylic acids is 1. The van der Waals surface area contributed by atoms with Crippen LogP contribution in [0.25, 0.3) is 17.3 Å². The number of carbonyl (C=O) groups is 1. The standard InChI is InChI=1S/C26H25N5O2/c1-16-28-29-26(33-16)23-15-24(18-12-13-18)31(30-23)20-9-4-8-19(14-20)25(32)27-22-11-5-7-17-6-2-3-10-21(17)22/h2-4,6,8-10,14-15,18,22H,5,7,11-13H2,1H3,(H,27,32)/t22-/m0/s1. The first kappa shape index (κ1) is 19.9. The van der Waals surface area contributed by atoms with Gasteiger partial charge in [-0.05, 0) is 67.5 Å².